The summed E-state index contributed by atoms with van der Waals surface area (Å²) >= 11 is 5.15. The van der Waals surface area contributed by atoms with E-state index in [1.54, 1.807) is 18.7 Å². The average Bonchev–Trinajstić information content (AvgIpc) is 2.41. The molecule has 2 fully saturated rings. The van der Waals surface area contributed by atoms with Crippen LogP contribution in [0.3, 0.4) is 0 Å². The van der Waals surface area contributed by atoms with Crippen LogP contribution in [-0.2, 0) is 14.3 Å². The van der Waals surface area contributed by atoms with E-state index in [9.17, 15) is 9.59 Å². The third-order valence-corrected chi connectivity index (χ3v) is 4.71. The predicted octanol–water partition coefficient (Wildman–Crippen LogP) is -0.194. The van der Waals surface area contributed by atoms with Crippen molar-refractivity contribution in [2.45, 2.75) is 32.2 Å². The zero-order valence-electron chi connectivity index (χ0n) is 11.9. The third-order valence-electron chi connectivity index (χ3n) is 4.32. The van der Waals surface area contributed by atoms with Crippen molar-refractivity contribution in [1.82, 2.24) is 10.2 Å². The van der Waals surface area contributed by atoms with E-state index >= 15 is 0 Å². The second-order valence-corrected chi connectivity index (χ2v) is 6.27. The lowest BCUT2D eigenvalue weighted by molar-refractivity contribution is -0.156. The largest absolute Gasteiger partial charge is 0.392 e. The highest BCUT2D eigenvalue weighted by Crippen LogP contribution is 2.36. The van der Waals surface area contributed by atoms with Crippen LogP contribution in [0, 0.1) is 5.41 Å². The number of nitrogens with zero attached hydrogens (tertiary/aromatic N) is 1. The van der Waals surface area contributed by atoms with E-state index in [1.807, 2.05) is 0 Å². The number of nitrogens with one attached hydrogen (secondary N) is 1. The average molecular weight is 299 g/mol. The first kappa shape index (κ1) is 15.2. The lowest BCUT2D eigenvalue weighted by Gasteiger charge is -2.46. The summed E-state index contributed by atoms with van der Waals surface area (Å²) in [6.45, 7) is 5.34. The first-order valence-corrected chi connectivity index (χ1v) is 7.21. The SMILES string of the molecule is CC1(C)C(=O)NCCN1C(=O)C1(C(N)=S)CCOCC1. The van der Waals surface area contributed by atoms with Crippen LogP contribution >= 0.6 is 12.2 Å². The first-order chi connectivity index (χ1) is 9.32. The van der Waals surface area contributed by atoms with E-state index in [1.165, 1.54) is 0 Å². The highest BCUT2D eigenvalue weighted by atomic mass is 32.1. The molecule has 2 rings (SSSR count). The fraction of sp³-hybridized carbons (Fsp3) is 0.769. The third kappa shape index (κ3) is 2.29. The van der Waals surface area contributed by atoms with Crippen LogP contribution in [-0.4, -0.2) is 53.5 Å². The van der Waals surface area contributed by atoms with Crippen molar-refractivity contribution in [3.05, 3.63) is 0 Å². The molecule has 0 aromatic carbocycles. The minimum Gasteiger partial charge on any atom is -0.392 e. The van der Waals surface area contributed by atoms with Crippen molar-refractivity contribution < 1.29 is 14.3 Å². The Morgan fingerprint density at radius 1 is 1.40 bits per heavy atom. The molecule has 7 heteroatoms. The summed E-state index contributed by atoms with van der Waals surface area (Å²) in [4.78, 5) is 26.8. The first-order valence-electron chi connectivity index (χ1n) is 6.80. The molecule has 0 unspecified atom stereocenters. The van der Waals surface area contributed by atoms with Crippen LogP contribution in [0.25, 0.3) is 0 Å². The highest BCUT2D eigenvalue weighted by molar-refractivity contribution is 7.80. The maximum Gasteiger partial charge on any atom is 0.245 e. The number of piperazine rings is 1. The quantitative estimate of drug-likeness (QED) is 0.690. The summed E-state index contributed by atoms with van der Waals surface area (Å²) in [5.74, 6) is -0.296. The van der Waals surface area contributed by atoms with E-state index in [-0.39, 0.29) is 16.8 Å². The number of hydrogen-bond acceptors (Lipinski definition) is 4. The van der Waals surface area contributed by atoms with E-state index in [4.69, 9.17) is 22.7 Å². The molecule has 0 aromatic rings. The van der Waals surface area contributed by atoms with Crippen molar-refractivity contribution in [3.63, 3.8) is 0 Å². The van der Waals surface area contributed by atoms with Crippen molar-refractivity contribution in [2.24, 2.45) is 11.1 Å². The molecule has 6 nitrogen and oxygen atoms in total. The number of thiocarbonyl (C=S) groups is 1. The van der Waals surface area contributed by atoms with Crippen LogP contribution in [0.15, 0.2) is 0 Å². The molecule has 0 saturated carbocycles. The van der Waals surface area contributed by atoms with Gasteiger partial charge in [-0.25, -0.2) is 0 Å². The van der Waals surface area contributed by atoms with E-state index in [2.05, 4.69) is 5.32 Å². The van der Waals surface area contributed by atoms with Crippen LogP contribution in [0.1, 0.15) is 26.7 Å². The molecule has 0 spiro atoms. The Balaban J connectivity index is 2.32. The van der Waals surface area contributed by atoms with Gasteiger partial charge in [0.2, 0.25) is 11.8 Å². The van der Waals surface area contributed by atoms with Crippen molar-refractivity contribution >= 4 is 29.0 Å². The van der Waals surface area contributed by atoms with Gasteiger partial charge in [-0.2, -0.15) is 0 Å². The molecule has 0 aliphatic carbocycles. The lowest BCUT2D eigenvalue weighted by Crippen LogP contribution is -2.67. The Labute approximate surface area is 124 Å². The summed E-state index contributed by atoms with van der Waals surface area (Å²) in [6.07, 6.45) is 0.963. The van der Waals surface area contributed by atoms with Gasteiger partial charge in [-0.15, -0.1) is 0 Å². The summed E-state index contributed by atoms with van der Waals surface area (Å²) in [5, 5.41) is 2.78. The number of nitrogens with two attached hydrogens (primary N) is 1. The molecule has 0 radical (unpaired) electrons. The molecule has 0 bridgehead atoms. The Morgan fingerprint density at radius 2 is 2.00 bits per heavy atom. The van der Waals surface area contributed by atoms with E-state index in [0.29, 0.717) is 39.1 Å². The smallest absolute Gasteiger partial charge is 0.245 e. The standard InChI is InChI=1S/C13H21N3O3S/c1-12(2)10(17)15-5-6-16(12)11(18)13(9(14)20)3-7-19-8-4-13/h3-8H2,1-2H3,(H2,14,20)(H,15,17). The number of hydrogen-bond donors (Lipinski definition) is 2. The number of ether oxygens (including phenoxy) is 1. The highest BCUT2D eigenvalue weighted by Gasteiger charge is 2.50. The molecule has 2 saturated heterocycles. The Bertz CT molecular complexity index is 444. The van der Waals surface area contributed by atoms with Gasteiger partial charge >= 0.3 is 0 Å². The molecule has 112 valence electrons. The molecule has 2 amide bonds. The second kappa shape index (κ2) is 5.29. The normalized spacial score (nSPS) is 24.9. The van der Waals surface area contributed by atoms with Gasteiger partial charge in [-0.1, -0.05) is 12.2 Å². The molecule has 0 aromatic heterocycles. The van der Waals surface area contributed by atoms with Gasteiger partial charge in [0.25, 0.3) is 0 Å². The molecule has 2 heterocycles. The van der Waals surface area contributed by atoms with Crippen LogP contribution < -0.4 is 11.1 Å². The van der Waals surface area contributed by atoms with E-state index < -0.39 is 11.0 Å². The summed E-state index contributed by atoms with van der Waals surface area (Å²) in [5.41, 5.74) is 4.10. The second-order valence-electron chi connectivity index (χ2n) is 5.83. The van der Waals surface area contributed by atoms with Gasteiger partial charge in [-0.05, 0) is 26.7 Å². The number of rotatable bonds is 2. The molecule has 0 atom stereocenters. The predicted molar refractivity (Wildman–Crippen MR) is 78.1 cm³/mol. The Morgan fingerprint density at radius 3 is 2.55 bits per heavy atom. The zero-order valence-corrected chi connectivity index (χ0v) is 12.7. The lowest BCUT2D eigenvalue weighted by atomic mass is 9.77. The van der Waals surface area contributed by atoms with Crippen LogP contribution in [0.2, 0.25) is 0 Å². The fourth-order valence-electron chi connectivity index (χ4n) is 2.80. The summed E-state index contributed by atoms with van der Waals surface area (Å²) in [7, 11) is 0. The Kier molecular flexibility index (Phi) is 4.02. The van der Waals surface area contributed by atoms with Gasteiger partial charge in [0.05, 0.1) is 4.99 Å². The van der Waals surface area contributed by atoms with Crippen LogP contribution in [0.4, 0.5) is 0 Å². The van der Waals surface area contributed by atoms with Gasteiger partial charge < -0.3 is 20.7 Å². The fourth-order valence-corrected chi connectivity index (χ4v) is 3.09. The maximum absolute atomic E-state index is 13.0. The summed E-state index contributed by atoms with van der Waals surface area (Å²) < 4.78 is 5.32. The molecule has 2 aliphatic rings. The molecular formula is C13H21N3O3S. The molecule has 3 N–H and O–H groups in total. The minimum absolute atomic E-state index is 0.145. The monoisotopic (exact) mass is 299 g/mol. The van der Waals surface area contributed by atoms with Gasteiger partial charge in [-0.3, -0.25) is 9.59 Å². The van der Waals surface area contributed by atoms with Gasteiger partial charge in [0.1, 0.15) is 11.0 Å². The topological polar surface area (TPSA) is 84.7 Å². The minimum atomic E-state index is -0.884. The van der Waals surface area contributed by atoms with Crippen molar-refractivity contribution in [2.75, 3.05) is 26.3 Å². The van der Waals surface area contributed by atoms with Gasteiger partial charge in [0, 0.05) is 26.3 Å². The number of amides is 2. The number of carbonyl (C=O) groups excluding carboxylic acids is 2. The molecular weight excluding hydrogens is 278 g/mol. The molecule has 2 aliphatic heterocycles. The van der Waals surface area contributed by atoms with Crippen LogP contribution in [0.5, 0.6) is 0 Å². The van der Waals surface area contributed by atoms with Gasteiger partial charge in [0.15, 0.2) is 0 Å². The Hall–Kier alpha value is -1.21. The maximum atomic E-state index is 13.0. The van der Waals surface area contributed by atoms with Crippen molar-refractivity contribution in [1.29, 1.82) is 0 Å². The molecule has 20 heavy (non-hydrogen) atoms. The van der Waals surface area contributed by atoms with Crippen molar-refractivity contribution in [3.8, 4) is 0 Å². The van der Waals surface area contributed by atoms with E-state index in [0.717, 1.165) is 0 Å². The number of carbonyl (C=O) groups is 2. The zero-order chi connectivity index (χ0) is 15.0. The summed E-state index contributed by atoms with van der Waals surface area (Å²) in [6, 6.07) is 0.